The van der Waals surface area contributed by atoms with Crippen LogP contribution in [0.2, 0.25) is 0 Å². The molecule has 0 heterocycles. The Bertz CT molecular complexity index is 469. The first-order valence-electron chi connectivity index (χ1n) is 8.16. The van der Waals surface area contributed by atoms with Crippen molar-refractivity contribution in [2.45, 2.75) is 56.1 Å². The molecule has 4 bridgehead atoms. The quantitative estimate of drug-likeness (QED) is 0.882. The van der Waals surface area contributed by atoms with E-state index in [1.165, 1.54) is 24.8 Å². The van der Waals surface area contributed by atoms with Gasteiger partial charge in [0, 0.05) is 5.54 Å². The largest absolute Gasteiger partial charge is 0.390 e. The number of hydrogen-bond donors (Lipinski definition) is 2. The van der Waals surface area contributed by atoms with E-state index >= 15 is 0 Å². The molecule has 0 aliphatic heterocycles. The van der Waals surface area contributed by atoms with Gasteiger partial charge in [-0.2, -0.15) is 0 Å². The number of benzene rings is 1. The maximum Gasteiger partial charge on any atom is 0.0670 e. The highest BCUT2D eigenvalue weighted by Gasteiger charge is 2.56. The SMILES string of the molecule is OC12CC3CC(C1)CC(NCCc1ccccc1)(C3)C2. The van der Waals surface area contributed by atoms with E-state index in [-0.39, 0.29) is 11.1 Å². The molecule has 4 aliphatic rings. The molecule has 20 heavy (non-hydrogen) atoms. The van der Waals surface area contributed by atoms with Crippen LogP contribution in [0.1, 0.15) is 44.1 Å². The molecule has 2 heteroatoms. The molecule has 1 aromatic carbocycles. The summed E-state index contributed by atoms with van der Waals surface area (Å²) >= 11 is 0. The second-order valence-electron chi connectivity index (χ2n) is 7.63. The van der Waals surface area contributed by atoms with Gasteiger partial charge in [0.2, 0.25) is 0 Å². The Morgan fingerprint density at radius 2 is 1.75 bits per heavy atom. The van der Waals surface area contributed by atoms with Crippen molar-refractivity contribution in [2.75, 3.05) is 6.54 Å². The van der Waals surface area contributed by atoms with Crippen molar-refractivity contribution in [2.24, 2.45) is 11.8 Å². The Hall–Kier alpha value is -0.860. The highest BCUT2D eigenvalue weighted by molar-refractivity contribution is 5.16. The molecule has 2 N–H and O–H groups in total. The molecule has 4 saturated carbocycles. The summed E-state index contributed by atoms with van der Waals surface area (Å²) in [5, 5.41) is 14.6. The van der Waals surface area contributed by atoms with Crippen molar-refractivity contribution in [3.63, 3.8) is 0 Å². The van der Waals surface area contributed by atoms with E-state index in [0.29, 0.717) is 0 Å². The third-order valence-corrected chi connectivity index (χ3v) is 5.79. The number of rotatable bonds is 4. The molecule has 0 amide bonds. The third kappa shape index (κ3) is 2.29. The van der Waals surface area contributed by atoms with E-state index in [9.17, 15) is 5.11 Å². The van der Waals surface area contributed by atoms with E-state index in [1.807, 2.05) is 0 Å². The van der Waals surface area contributed by atoms with Gasteiger partial charge in [0.25, 0.3) is 0 Å². The average Bonchev–Trinajstić information content (AvgIpc) is 2.36. The first kappa shape index (κ1) is 12.8. The molecular formula is C18H25NO. The molecule has 2 unspecified atom stereocenters. The van der Waals surface area contributed by atoms with Crippen LogP contribution in [0.15, 0.2) is 30.3 Å². The minimum atomic E-state index is -0.343. The first-order valence-corrected chi connectivity index (χ1v) is 8.16. The van der Waals surface area contributed by atoms with Crippen molar-refractivity contribution < 1.29 is 5.11 Å². The van der Waals surface area contributed by atoms with E-state index in [1.54, 1.807) is 0 Å². The molecule has 0 radical (unpaired) electrons. The van der Waals surface area contributed by atoms with Crippen LogP contribution < -0.4 is 5.32 Å². The Morgan fingerprint density at radius 1 is 1.05 bits per heavy atom. The second-order valence-corrected chi connectivity index (χ2v) is 7.63. The molecule has 108 valence electrons. The summed E-state index contributed by atoms with van der Waals surface area (Å²) in [5.74, 6) is 1.54. The monoisotopic (exact) mass is 271 g/mol. The molecule has 0 aromatic heterocycles. The Labute approximate surface area is 121 Å². The van der Waals surface area contributed by atoms with Crippen LogP contribution in [-0.4, -0.2) is 22.8 Å². The lowest BCUT2D eigenvalue weighted by Crippen LogP contribution is -2.64. The summed E-state index contributed by atoms with van der Waals surface area (Å²) in [5.41, 5.74) is 1.31. The normalized spacial score (nSPS) is 42.0. The zero-order valence-corrected chi connectivity index (χ0v) is 12.1. The number of nitrogens with one attached hydrogen (secondary N) is 1. The lowest BCUT2D eigenvalue weighted by atomic mass is 9.51. The molecule has 2 nitrogen and oxygen atoms in total. The van der Waals surface area contributed by atoms with E-state index in [2.05, 4.69) is 35.6 Å². The van der Waals surface area contributed by atoms with Crippen molar-refractivity contribution >= 4 is 0 Å². The fourth-order valence-corrected chi connectivity index (χ4v) is 5.54. The average molecular weight is 271 g/mol. The maximum atomic E-state index is 10.7. The van der Waals surface area contributed by atoms with Gasteiger partial charge in [-0.25, -0.2) is 0 Å². The topological polar surface area (TPSA) is 32.3 Å². The summed E-state index contributed by atoms with van der Waals surface area (Å²) in [7, 11) is 0. The summed E-state index contributed by atoms with van der Waals surface area (Å²) in [6.07, 6.45) is 8.15. The van der Waals surface area contributed by atoms with Gasteiger partial charge >= 0.3 is 0 Å². The molecule has 4 fully saturated rings. The zero-order chi connectivity index (χ0) is 13.6. The van der Waals surface area contributed by atoms with Crippen LogP contribution in [-0.2, 0) is 6.42 Å². The zero-order valence-electron chi connectivity index (χ0n) is 12.1. The smallest absolute Gasteiger partial charge is 0.0670 e. The Morgan fingerprint density at radius 3 is 2.40 bits per heavy atom. The minimum Gasteiger partial charge on any atom is -0.390 e. The van der Waals surface area contributed by atoms with Gasteiger partial charge in [-0.3, -0.25) is 0 Å². The summed E-state index contributed by atoms with van der Waals surface area (Å²) < 4.78 is 0. The highest BCUT2D eigenvalue weighted by Crippen LogP contribution is 2.57. The van der Waals surface area contributed by atoms with Crippen LogP contribution in [0.25, 0.3) is 0 Å². The fourth-order valence-electron chi connectivity index (χ4n) is 5.54. The van der Waals surface area contributed by atoms with Gasteiger partial charge in [0.1, 0.15) is 0 Å². The summed E-state index contributed by atoms with van der Waals surface area (Å²) in [6, 6.07) is 10.7. The number of aliphatic hydroxyl groups is 1. The maximum absolute atomic E-state index is 10.7. The predicted octanol–water partition coefficient (Wildman–Crippen LogP) is 2.90. The van der Waals surface area contributed by atoms with Crippen molar-refractivity contribution in [3.8, 4) is 0 Å². The third-order valence-electron chi connectivity index (χ3n) is 5.79. The van der Waals surface area contributed by atoms with Crippen LogP contribution in [0.4, 0.5) is 0 Å². The molecule has 1 aromatic rings. The van der Waals surface area contributed by atoms with Gasteiger partial charge in [-0.1, -0.05) is 30.3 Å². The summed E-state index contributed by atoms with van der Waals surface area (Å²) in [4.78, 5) is 0. The van der Waals surface area contributed by atoms with Crippen molar-refractivity contribution in [1.29, 1.82) is 0 Å². The minimum absolute atomic E-state index is 0.244. The van der Waals surface area contributed by atoms with Crippen LogP contribution >= 0.6 is 0 Å². The van der Waals surface area contributed by atoms with Gasteiger partial charge < -0.3 is 10.4 Å². The molecule has 4 aliphatic carbocycles. The fraction of sp³-hybridized carbons (Fsp3) is 0.667. The number of hydrogen-bond acceptors (Lipinski definition) is 2. The molecule has 2 atom stereocenters. The van der Waals surface area contributed by atoms with Crippen molar-refractivity contribution in [3.05, 3.63) is 35.9 Å². The Kier molecular flexibility index (Phi) is 2.94. The lowest BCUT2D eigenvalue weighted by molar-refractivity contribution is -0.142. The lowest BCUT2D eigenvalue weighted by Gasteiger charge is -2.60. The van der Waals surface area contributed by atoms with Crippen LogP contribution in [0, 0.1) is 11.8 Å². The van der Waals surface area contributed by atoms with E-state index in [0.717, 1.165) is 44.1 Å². The molecule has 0 spiro atoms. The standard InChI is InChI=1S/C18H25NO/c20-18-11-15-8-16(12-18)10-17(9-15,13-18)19-7-6-14-4-2-1-3-5-14/h1-5,15-16,19-20H,6-13H2. The van der Waals surface area contributed by atoms with E-state index in [4.69, 9.17) is 0 Å². The Balaban J connectivity index is 1.41. The van der Waals surface area contributed by atoms with E-state index < -0.39 is 0 Å². The molecule has 0 saturated heterocycles. The van der Waals surface area contributed by atoms with Crippen LogP contribution in [0.3, 0.4) is 0 Å². The van der Waals surface area contributed by atoms with Crippen LogP contribution in [0.5, 0.6) is 0 Å². The summed E-state index contributed by atoms with van der Waals surface area (Å²) in [6.45, 7) is 1.04. The first-order chi connectivity index (χ1) is 9.65. The highest BCUT2D eigenvalue weighted by atomic mass is 16.3. The predicted molar refractivity (Wildman–Crippen MR) is 80.5 cm³/mol. The van der Waals surface area contributed by atoms with Gasteiger partial charge in [-0.05, 0) is 68.9 Å². The molecular weight excluding hydrogens is 246 g/mol. The van der Waals surface area contributed by atoms with Crippen molar-refractivity contribution in [1.82, 2.24) is 5.32 Å². The van der Waals surface area contributed by atoms with Gasteiger partial charge in [0.15, 0.2) is 0 Å². The van der Waals surface area contributed by atoms with Gasteiger partial charge in [0.05, 0.1) is 5.60 Å². The van der Waals surface area contributed by atoms with Gasteiger partial charge in [-0.15, -0.1) is 0 Å². The molecule has 5 rings (SSSR count). The second kappa shape index (κ2) is 4.57.